The number of nitrogens with zero attached hydrogens (tertiary/aromatic N) is 1. The maximum absolute atomic E-state index is 10.3. The van der Waals surface area contributed by atoms with Gasteiger partial charge in [-0.2, -0.15) is 0 Å². The van der Waals surface area contributed by atoms with Crippen molar-refractivity contribution >= 4 is 11.6 Å². The van der Waals surface area contributed by atoms with Gasteiger partial charge in [0.1, 0.15) is 17.5 Å². The Morgan fingerprint density at radius 3 is 2.50 bits per heavy atom. The van der Waals surface area contributed by atoms with Crippen molar-refractivity contribution in [1.29, 1.82) is 0 Å². The van der Waals surface area contributed by atoms with E-state index in [2.05, 4.69) is 4.98 Å². The van der Waals surface area contributed by atoms with Gasteiger partial charge in [-0.3, -0.25) is 0 Å². The highest BCUT2D eigenvalue weighted by molar-refractivity contribution is 6.29. The highest BCUT2D eigenvalue weighted by Crippen LogP contribution is 2.34. The van der Waals surface area contributed by atoms with Crippen molar-refractivity contribution in [3.05, 3.63) is 58.4 Å². The maximum atomic E-state index is 10.3. The van der Waals surface area contributed by atoms with Crippen LogP contribution in [0.3, 0.4) is 0 Å². The van der Waals surface area contributed by atoms with Crippen LogP contribution in [0.4, 0.5) is 0 Å². The number of hydrogen-bond donors (Lipinski definition) is 1. The summed E-state index contributed by atoms with van der Waals surface area (Å²) < 4.78 is 5.83. The van der Waals surface area contributed by atoms with E-state index in [1.54, 1.807) is 19.9 Å². The van der Waals surface area contributed by atoms with Crippen LogP contribution in [0.2, 0.25) is 5.15 Å². The molecule has 106 valence electrons. The van der Waals surface area contributed by atoms with E-state index in [0.717, 1.165) is 5.56 Å². The lowest BCUT2D eigenvalue weighted by molar-refractivity contribution is 0.0731. The third kappa shape index (κ3) is 3.50. The standard InChI is InChI=1S/C16H18ClNO2/c1-11-15(16(2,3)19)13(9-14(17)18-11)20-10-12-7-5-4-6-8-12/h4-9,19H,10H2,1-3H3. The zero-order valence-corrected chi connectivity index (χ0v) is 12.6. The summed E-state index contributed by atoms with van der Waals surface area (Å²) in [5.74, 6) is 0.568. The lowest BCUT2D eigenvalue weighted by atomic mass is 9.96. The summed E-state index contributed by atoms with van der Waals surface area (Å²) in [6.07, 6.45) is 0. The maximum Gasteiger partial charge on any atom is 0.133 e. The van der Waals surface area contributed by atoms with Crippen LogP contribution in [-0.4, -0.2) is 10.1 Å². The first-order chi connectivity index (χ1) is 9.38. The van der Waals surface area contributed by atoms with Gasteiger partial charge < -0.3 is 9.84 Å². The second-order valence-electron chi connectivity index (χ2n) is 5.24. The Morgan fingerprint density at radius 2 is 1.90 bits per heavy atom. The molecule has 0 bridgehead atoms. The monoisotopic (exact) mass is 291 g/mol. The Kier molecular flexibility index (Phi) is 4.31. The first-order valence-electron chi connectivity index (χ1n) is 6.44. The van der Waals surface area contributed by atoms with Gasteiger partial charge >= 0.3 is 0 Å². The van der Waals surface area contributed by atoms with Crippen molar-refractivity contribution in [2.75, 3.05) is 0 Å². The quantitative estimate of drug-likeness (QED) is 0.870. The highest BCUT2D eigenvalue weighted by atomic mass is 35.5. The van der Waals surface area contributed by atoms with Crippen molar-refractivity contribution < 1.29 is 9.84 Å². The minimum atomic E-state index is -1.03. The molecule has 4 heteroatoms. The summed E-state index contributed by atoms with van der Waals surface area (Å²) in [7, 11) is 0. The van der Waals surface area contributed by atoms with Gasteiger partial charge in [0.2, 0.25) is 0 Å². The van der Waals surface area contributed by atoms with Gasteiger partial charge in [0.05, 0.1) is 5.60 Å². The molecule has 0 radical (unpaired) electrons. The molecule has 0 saturated heterocycles. The molecule has 0 spiro atoms. The zero-order valence-electron chi connectivity index (χ0n) is 11.9. The Hall–Kier alpha value is -1.58. The van der Waals surface area contributed by atoms with Crippen LogP contribution >= 0.6 is 11.6 Å². The van der Waals surface area contributed by atoms with Crippen LogP contribution in [0.25, 0.3) is 0 Å². The van der Waals surface area contributed by atoms with Crippen molar-refractivity contribution in [3.8, 4) is 5.75 Å². The number of ether oxygens (including phenoxy) is 1. The number of hydrogen-bond acceptors (Lipinski definition) is 3. The van der Waals surface area contributed by atoms with Gasteiger partial charge in [-0.25, -0.2) is 4.98 Å². The molecule has 0 aliphatic carbocycles. The topological polar surface area (TPSA) is 42.4 Å². The van der Waals surface area contributed by atoms with Crippen molar-refractivity contribution in [2.24, 2.45) is 0 Å². The lowest BCUT2D eigenvalue weighted by Crippen LogP contribution is -2.19. The number of benzene rings is 1. The number of rotatable bonds is 4. The average molecular weight is 292 g/mol. The molecule has 0 unspecified atom stereocenters. The van der Waals surface area contributed by atoms with Gasteiger partial charge in [0, 0.05) is 17.3 Å². The van der Waals surface area contributed by atoms with E-state index in [0.29, 0.717) is 28.8 Å². The Labute approximate surface area is 124 Å². The number of aryl methyl sites for hydroxylation is 1. The molecule has 3 nitrogen and oxygen atoms in total. The predicted octanol–water partition coefficient (Wildman–Crippen LogP) is 3.85. The van der Waals surface area contributed by atoms with Gasteiger partial charge in [-0.1, -0.05) is 41.9 Å². The number of pyridine rings is 1. The second kappa shape index (κ2) is 5.81. The molecule has 2 aromatic rings. The van der Waals surface area contributed by atoms with E-state index in [9.17, 15) is 5.11 Å². The van der Waals surface area contributed by atoms with Crippen LogP contribution in [0.15, 0.2) is 36.4 Å². The molecule has 0 aliphatic rings. The van der Waals surface area contributed by atoms with E-state index in [4.69, 9.17) is 16.3 Å². The molecule has 0 saturated carbocycles. The molecule has 2 rings (SSSR count). The summed E-state index contributed by atoms with van der Waals surface area (Å²) in [6, 6.07) is 11.5. The molecule has 0 atom stereocenters. The summed E-state index contributed by atoms with van der Waals surface area (Å²) in [6.45, 7) is 5.65. The van der Waals surface area contributed by atoms with Crippen LogP contribution < -0.4 is 4.74 Å². The molecule has 1 aromatic carbocycles. The minimum absolute atomic E-state index is 0.360. The average Bonchev–Trinajstić information content (AvgIpc) is 2.35. The van der Waals surface area contributed by atoms with E-state index in [1.165, 1.54) is 0 Å². The van der Waals surface area contributed by atoms with Crippen molar-refractivity contribution in [3.63, 3.8) is 0 Å². The first kappa shape index (κ1) is 14.8. The summed E-state index contributed by atoms with van der Waals surface area (Å²) in [4.78, 5) is 4.18. The molecule has 0 aliphatic heterocycles. The molecule has 0 amide bonds. The number of halogens is 1. The fraction of sp³-hybridized carbons (Fsp3) is 0.312. The van der Waals surface area contributed by atoms with Crippen molar-refractivity contribution in [2.45, 2.75) is 33.0 Å². The van der Waals surface area contributed by atoms with Crippen LogP contribution in [0, 0.1) is 6.92 Å². The van der Waals surface area contributed by atoms with Gasteiger partial charge in [-0.15, -0.1) is 0 Å². The number of aliphatic hydroxyl groups is 1. The third-order valence-electron chi connectivity index (χ3n) is 2.98. The Balaban J connectivity index is 2.31. The first-order valence-corrected chi connectivity index (χ1v) is 6.82. The normalized spacial score (nSPS) is 11.4. The van der Waals surface area contributed by atoms with Gasteiger partial charge in [0.25, 0.3) is 0 Å². The second-order valence-corrected chi connectivity index (χ2v) is 5.62. The smallest absolute Gasteiger partial charge is 0.133 e. The molecule has 1 N–H and O–H groups in total. The largest absolute Gasteiger partial charge is 0.488 e. The molecule has 0 fully saturated rings. The predicted molar refractivity (Wildman–Crippen MR) is 80.0 cm³/mol. The SMILES string of the molecule is Cc1nc(Cl)cc(OCc2ccccc2)c1C(C)(C)O. The molecule has 1 aromatic heterocycles. The van der Waals surface area contributed by atoms with Crippen molar-refractivity contribution in [1.82, 2.24) is 4.98 Å². The highest BCUT2D eigenvalue weighted by Gasteiger charge is 2.25. The third-order valence-corrected chi connectivity index (χ3v) is 3.18. The lowest BCUT2D eigenvalue weighted by Gasteiger charge is -2.23. The minimum Gasteiger partial charge on any atom is -0.488 e. The summed E-state index contributed by atoms with van der Waals surface area (Å²) >= 11 is 5.98. The summed E-state index contributed by atoms with van der Waals surface area (Å²) in [5, 5.41) is 10.6. The molecule has 20 heavy (non-hydrogen) atoms. The van der Waals surface area contributed by atoms with E-state index in [1.807, 2.05) is 37.3 Å². The Morgan fingerprint density at radius 1 is 1.25 bits per heavy atom. The van der Waals surface area contributed by atoms with Crippen LogP contribution in [0.1, 0.15) is 30.7 Å². The molecular weight excluding hydrogens is 274 g/mol. The van der Waals surface area contributed by atoms with Crippen LogP contribution in [0.5, 0.6) is 5.75 Å². The van der Waals surface area contributed by atoms with E-state index >= 15 is 0 Å². The Bertz CT molecular complexity index is 591. The van der Waals surface area contributed by atoms with E-state index < -0.39 is 5.60 Å². The summed E-state index contributed by atoms with van der Waals surface area (Å²) in [5.41, 5.74) is 1.36. The van der Waals surface area contributed by atoms with Gasteiger partial charge in [-0.05, 0) is 26.3 Å². The fourth-order valence-corrected chi connectivity index (χ4v) is 2.43. The van der Waals surface area contributed by atoms with Crippen LogP contribution in [-0.2, 0) is 12.2 Å². The molecule has 1 heterocycles. The van der Waals surface area contributed by atoms with Gasteiger partial charge in [0.15, 0.2) is 0 Å². The van der Waals surface area contributed by atoms with E-state index in [-0.39, 0.29) is 0 Å². The fourth-order valence-electron chi connectivity index (χ4n) is 2.20. The molecular formula is C16H18ClNO2. The number of aromatic nitrogens is 1. The zero-order chi connectivity index (χ0) is 14.8.